The molecule has 2 aromatic heterocycles. The van der Waals surface area contributed by atoms with E-state index in [1.165, 1.54) is 12.1 Å². The number of likely N-dealkylation sites (tertiary alicyclic amines) is 1. The van der Waals surface area contributed by atoms with Crippen LogP contribution in [0.3, 0.4) is 0 Å². The molecule has 3 aromatic rings. The highest BCUT2D eigenvalue weighted by Crippen LogP contribution is 2.22. The summed E-state index contributed by atoms with van der Waals surface area (Å²) in [6, 6.07) is 5.93. The number of aromatic amines is 1. The SMILES string of the molecule is O=C1CCCN1CC(Nc1ncc(-c2nn[nH]n2)cn1)c1ccc(F)cc1. The number of tetrazole rings is 1. The molecule has 0 saturated carbocycles. The highest BCUT2D eigenvalue weighted by Gasteiger charge is 2.25. The third kappa shape index (κ3) is 3.89. The van der Waals surface area contributed by atoms with Crippen LogP contribution in [0.4, 0.5) is 10.3 Å². The van der Waals surface area contributed by atoms with E-state index in [0.717, 1.165) is 18.5 Å². The Balaban J connectivity index is 1.54. The number of rotatable bonds is 6. The molecule has 1 fully saturated rings. The fourth-order valence-electron chi connectivity index (χ4n) is 3.00. The molecule has 1 aliphatic rings. The molecule has 1 saturated heterocycles. The molecule has 10 heteroatoms. The van der Waals surface area contributed by atoms with Gasteiger partial charge in [-0.1, -0.05) is 12.1 Å². The number of benzene rings is 1. The highest BCUT2D eigenvalue weighted by molar-refractivity contribution is 5.78. The molecular formula is C17H17FN8O. The van der Waals surface area contributed by atoms with Crippen molar-refractivity contribution in [1.82, 2.24) is 35.5 Å². The molecule has 0 radical (unpaired) electrons. The largest absolute Gasteiger partial charge is 0.346 e. The Morgan fingerprint density at radius 3 is 2.63 bits per heavy atom. The molecule has 1 amide bonds. The molecular weight excluding hydrogens is 351 g/mol. The third-order valence-electron chi connectivity index (χ3n) is 4.41. The minimum absolute atomic E-state index is 0.122. The summed E-state index contributed by atoms with van der Waals surface area (Å²) in [5.41, 5.74) is 1.48. The summed E-state index contributed by atoms with van der Waals surface area (Å²) in [5, 5.41) is 16.9. The van der Waals surface area contributed by atoms with Gasteiger partial charge in [-0.2, -0.15) is 5.21 Å². The molecule has 1 aromatic carbocycles. The predicted octanol–water partition coefficient (Wildman–Crippen LogP) is 1.57. The number of aromatic nitrogens is 6. The van der Waals surface area contributed by atoms with Crippen LogP contribution in [0.25, 0.3) is 11.4 Å². The van der Waals surface area contributed by atoms with Gasteiger partial charge in [0.1, 0.15) is 5.82 Å². The maximum absolute atomic E-state index is 13.3. The minimum Gasteiger partial charge on any atom is -0.346 e. The maximum Gasteiger partial charge on any atom is 0.223 e. The Hall–Kier alpha value is -3.43. The van der Waals surface area contributed by atoms with Crippen molar-refractivity contribution in [2.75, 3.05) is 18.4 Å². The fraction of sp³-hybridized carbons (Fsp3) is 0.294. The lowest BCUT2D eigenvalue weighted by Gasteiger charge is -2.25. The lowest BCUT2D eigenvalue weighted by Crippen LogP contribution is -2.33. The zero-order chi connectivity index (χ0) is 18.6. The van der Waals surface area contributed by atoms with Crippen LogP contribution in [0.15, 0.2) is 36.7 Å². The van der Waals surface area contributed by atoms with Crippen molar-refractivity contribution in [1.29, 1.82) is 0 Å². The van der Waals surface area contributed by atoms with Crippen LogP contribution in [0.5, 0.6) is 0 Å². The molecule has 3 heterocycles. The van der Waals surface area contributed by atoms with Crippen molar-refractivity contribution in [3.05, 3.63) is 48.0 Å². The summed E-state index contributed by atoms with van der Waals surface area (Å²) in [5.74, 6) is 0.607. The highest BCUT2D eigenvalue weighted by atomic mass is 19.1. The average Bonchev–Trinajstić information content (AvgIpc) is 3.35. The van der Waals surface area contributed by atoms with Crippen LogP contribution in [-0.4, -0.2) is 54.5 Å². The van der Waals surface area contributed by atoms with Crippen molar-refractivity contribution in [2.45, 2.75) is 18.9 Å². The van der Waals surface area contributed by atoms with Gasteiger partial charge in [-0.3, -0.25) is 4.79 Å². The van der Waals surface area contributed by atoms with Crippen LogP contribution in [0.1, 0.15) is 24.4 Å². The first-order valence-corrected chi connectivity index (χ1v) is 8.55. The van der Waals surface area contributed by atoms with E-state index in [0.29, 0.717) is 30.3 Å². The smallest absolute Gasteiger partial charge is 0.223 e. The van der Waals surface area contributed by atoms with E-state index < -0.39 is 0 Å². The van der Waals surface area contributed by atoms with Crippen molar-refractivity contribution >= 4 is 11.9 Å². The number of nitrogens with one attached hydrogen (secondary N) is 2. The van der Waals surface area contributed by atoms with Gasteiger partial charge in [-0.25, -0.2) is 14.4 Å². The standard InChI is InChI=1S/C17H17FN8O/c18-13-5-3-11(4-6-13)14(10-26-7-1-2-15(26)27)21-17-19-8-12(9-20-17)16-22-24-25-23-16/h3-6,8-9,14H,1-2,7,10H2,(H,19,20,21)(H,22,23,24,25). The Morgan fingerprint density at radius 2 is 2.00 bits per heavy atom. The van der Waals surface area contributed by atoms with Crippen LogP contribution in [-0.2, 0) is 4.79 Å². The van der Waals surface area contributed by atoms with E-state index in [1.807, 2.05) is 0 Å². The Bertz CT molecular complexity index is 898. The average molecular weight is 368 g/mol. The molecule has 1 aliphatic heterocycles. The number of H-pyrrole nitrogens is 1. The molecule has 0 aliphatic carbocycles. The number of hydrogen-bond donors (Lipinski definition) is 2. The van der Waals surface area contributed by atoms with Crippen LogP contribution < -0.4 is 5.32 Å². The first kappa shape index (κ1) is 17.0. The number of nitrogens with zero attached hydrogens (tertiary/aromatic N) is 6. The predicted molar refractivity (Wildman–Crippen MR) is 93.8 cm³/mol. The molecule has 4 rings (SSSR count). The second-order valence-corrected chi connectivity index (χ2v) is 6.22. The lowest BCUT2D eigenvalue weighted by atomic mass is 10.1. The van der Waals surface area contributed by atoms with Crippen molar-refractivity contribution in [3.8, 4) is 11.4 Å². The molecule has 138 valence electrons. The van der Waals surface area contributed by atoms with Crippen LogP contribution in [0.2, 0.25) is 0 Å². The van der Waals surface area contributed by atoms with Crippen LogP contribution in [0, 0.1) is 5.82 Å². The minimum atomic E-state index is -0.310. The quantitative estimate of drug-likeness (QED) is 0.679. The van der Waals surface area contributed by atoms with Gasteiger partial charge in [0.25, 0.3) is 0 Å². The molecule has 27 heavy (non-hydrogen) atoms. The first-order chi connectivity index (χ1) is 13.2. The molecule has 1 unspecified atom stereocenters. The number of amides is 1. The monoisotopic (exact) mass is 368 g/mol. The molecule has 9 nitrogen and oxygen atoms in total. The third-order valence-corrected chi connectivity index (χ3v) is 4.41. The number of anilines is 1. The topological polar surface area (TPSA) is 113 Å². The Morgan fingerprint density at radius 1 is 1.22 bits per heavy atom. The molecule has 0 spiro atoms. The summed E-state index contributed by atoms with van der Waals surface area (Å²) in [7, 11) is 0. The van der Waals surface area contributed by atoms with E-state index in [1.54, 1.807) is 29.4 Å². The number of hydrogen-bond acceptors (Lipinski definition) is 7. The van der Waals surface area contributed by atoms with E-state index in [-0.39, 0.29) is 17.8 Å². The first-order valence-electron chi connectivity index (χ1n) is 8.55. The fourth-order valence-corrected chi connectivity index (χ4v) is 3.00. The van der Waals surface area contributed by atoms with Gasteiger partial charge in [0.05, 0.1) is 11.6 Å². The van der Waals surface area contributed by atoms with Gasteiger partial charge in [-0.15, -0.1) is 10.2 Å². The molecule has 1 atom stereocenters. The zero-order valence-corrected chi connectivity index (χ0v) is 14.3. The van der Waals surface area contributed by atoms with Gasteiger partial charge in [-0.05, 0) is 29.3 Å². The maximum atomic E-state index is 13.3. The Kier molecular flexibility index (Phi) is 4.69. The van der Waals surface area contributed by atoms with E-state index in [2.05, 4.69) is 35.9 Å². The van der Waals surface area contributed by atoms with Crippen molar-refractivity contribution < 1.29 is 9.18 Å². The van der Waals surface area contributed by atoms with E-state index in [9.17, 15) is 9.18 Å². The summed E-state index contributed by atoms with van der Waals surface area (Å²) in [4.78, 5) is 22.4. The Labute approximate surface area is 154 Å². The van der Waals surface area contributed by atoms with E-state index >= 15 is 0 Å². The number of carbonyl (C=O) groups is 1. The van der Waals surface area contributed by atoms with Gasteiger partial charge >= 0.3 is 0 Å². The summed E-state index contributed by atoms with van der Waals surface area (Å²) >= 11 is 0. The zero-order valence-electron chi connectivity index (χ0n) is 14.3. The van der Waals surface area contributed by atoms with Gasteiger partial charge in [0, 0.05) is 31.9 Å². The van der Waals surface area contributed by atoms with Crippen molar-refractivity contribution in [2.24, 2.45) is 0 Å². The normalized spacial score (nSPS) is 15.1. The van der Waals surface area contributed by atoms with E-state index in [4.69, 9.17) is 0 Å². The number of carbonyl (C=O) groups excluding carboxylic acids is 1. The summed E-state index contributed by atoms with van der Waals surface area (Å²) < 4.78 is 13.3. The second kappa shape index (κ2) is 7.44. The van der Waals surface area contributed by atoms with Gasteiger partial charge < -0.3 is 10.2 Å². The summed E-state index contributed by atoms with van der Waals surface area (Å²) in [6.07, 6.45) is 4.59. The number of halogens is 1. The lowest BCUT2D eigenvalue weighted by molar-refractivity contribution is -0.127. The van der Waals surface area contributed by atoms with Crippen molar-refractivity contribution in [3.63, 3.8) is 0 Å². The van der Waals surface area contributed by atoms with Gasteiger partial charge in [0.15, 0.2) is 0 Å². The second-order valence-electron chi connectivity index (χ2n) is 6.22. The van der Waals surface area contributed by atoms with Crippen LogP contribution >= 0.6 is 0 Å². The van der Waals surface area contributed by atoms with Gasteiger partial charge in [0.2, 0.25) is 17.7 Å². The molecule has 2 N–H and O–H groups in total. The summed E-state index contributed by atoms with van der Waals surface area (Å²) in [6.45, 7) is 1.18. The molecule has 0 bridgehead atoms.